The third kappa shape index (κ3) is 8.39. The number of carbonyl (C=O) groups is 5. The fraction of sp³-hybridized carbons (Fsp3) is 0.353. The van der Waals surface area contributed by atoms with Crippen LogP contribution >= 0.6 is 0 Å². The van der Waals surface area contributed by atoms with Crippen molar-refractivity contribution in [3.05, 3.63) is 29.8 Å². The molecular formula is C17H18O13S. The summed E-state index contributed by atoms with van der Waals surface area (Å²) >= 11 is 0. The second-order valence-corrected chi connectivity index (χ2v) is 7.54. The highest BCUT2D eigenvalue weighted by atomic mass is 32.2. The van der Waals surface area contributed by atoms with Gasteiger partial charge in [0.25, 0.3) is 10.1 Å². The predicted octanol–water partition coefficient (Wildman–Crippen LogP) is -0.442. The lowest BCUT2D eigenvalue weighted by atomic mass is 10.2. The standard InChI is InChI=1S/C17H18O13S/c1-9-2-4-10(5-3-9)31(26,27)28-8-13(21)30-15(17(24)25)14(16(22)23)29-12(20)7-6-11(18)19/h2-5,14-15H,6-8H2,1H3,(H,18,19)(H,22,23)(H,24,25). The first-order valence-electron chi connectivity index (χ1n) is 8.36. The third-order valence-electron chi connectivity index (χ3n) is 3.46. The van der Waals surface area contributed by atoms with E-state index in [0.717, 1.165) is 5.56 Å². The Balaban J connectivity index is 2.83. The van der Waals surface area contributed by atoms with Crippen molar-refractivity contribution in [2.24, 2.45) is 0 Å². The number of carboxylic acids is 3. The van der Waals surface area contributed by atoms with E-state index in [-0.39, 0.29) is 4.90 Å². The molecule has 1 aromatic carbocycles. The molecule has 1 aromatic rings. The number of aliphatic carboxylic acids is 3. The average molecular weight is 462 g/mol. The number of benzene rings is 1. The van der Waals surface area contributed by atoms with Crippen LogP contribution in [-0.4, -0.2) is 72.4 Å². The van der Waals surface area contributed by atoms with Gasteiger partial charge in [-0.15, -0.1) is 0 Å². The predicted molar refractivity (Wildman–Crippen MR) is 96.2 cm³/mol. The molecule has 13 nitrogen and oxygen atoms in total. The van der Waals surface area contributed by atoms with Crippen LogP contribution in [0.3, 0.4) is 0 Å². The topological polar surface area (TPSA) is 208 Å². The fourth-order valence-corrected chi connectivity index (χ4v) is 2.82. The molecule has 0 saturated heterocycles. The van der Waals surface area contributed by atoms with Gasteiger partial charge in [-0.25, -0.2) is 14.4 Å². The van der Waals surface area contributed by atoms with Crippen molar-refractivity contribution in [3.63, 3.8) is 0 Å². The van der Waals surface area contributed by atoms with Gasteiger partial charge in [0.05, 0.1) is 17.7 Å². The summed E-state index contributed by atoms with van der Waals surface area (Å²) in [6.07, 6.45) is -6.55. The number of carbonyl (C=O) groups excluding carboxylic acids is 2. The molecule has 0 aliphatic rings. The molecule has 31 heavy (non-hydrogen) atoms. The van der Waals surface area contributed by atoms with E-state index in [1.807, 2.05) is 0 Å². The molecule has 0 aliphatic heterocycles. The van der Waals surface area contributed by atoms with Crippen LogP contribution in [0.15, 0.2) is 29.2 Å². The fourth-order valence-electron chi connectivity index (χ4n) is 1.97. The van der Waals surface area contributed by atoms with Gasteiger partial charge >= 0.3 is 29.8 Å². The highest BCUT2D eigenvalue weighted by Crippen LogP contribution is 2.14. The lowest BCUT2D eigenvalue weighted by molar-refractivity contribution is -0.188. The van der Waals surface area contributed by atoms with Gasteiger partial charge in [0, 0.05) is 0 Å². The van der Waals surface area contributed by atoms with Crippen LogP contribution in [0, 0.1) is 6.92 Å². The molecule has 0 fully saturated rings. The van der Waals surface area contributed by atoms with Crippen molar-refractivity contribution in [2.75, 3.05) is 6.61 Å². The van der Waals surface area contributed by atoms with Gasteiger partial charge < -0.3 is 24.8 Å². The Morgan fingerprint density at radius 1 is 0.839 bits per heavy atom. The van der Waals surface area contributed by atoms with Gasteiger partial charge in [0.1, 0.15) is 0 Å². The second kappa shape index (κ2) is 11.0. The Bertz CT molecular complexity index is 949. The summed E-state index contributed by atoms with van der Waals surface area (Å²) in [4.78, 5) is 56.0. The zero-order chi connectivity index (χ0) is 23.8. The van der Waals surface area contributed by atoms with Gasteiger partial charge in [0.15, 0.2) is 6.61 Å². The van der Waals surface area contributed by atoms with Crippen molar-refractivity contribution in [1.29, 1.82) is 0 Å². The average Bonchev–Trinajstić information content (AvgIpc) is 2.67. The minimum absolute atomic E-state index is 0.295. The van der Waals surface area contributed by atoms with E-state index in [4.69, 9.17) is 15.3 Å². The summed E-state index contributed by atoms with van der Waals surface area (Å²) in [5.74, 6) is -8.35. The summed E-state index contributed by atoms with van der Waals surface area (Å²) in [6.45, 7) is 0.410. The number of hydrogen-bond acceptors (Lipinski definition) is 10. The number of rotatable bonds is 12. The maximum absolute atomic E-state index is 12.0. The van der Waals surface area contributed by atoms with Crippen molar-refractivity contribution >= 4 is 40.0 Å². The smallest absolute Gasteiger partial charge is 0.349 e. The molecule has 14 heteroatoms. The molecule has 0 aliphatic carbocycles. The number of aryl methyl sites for hydroxylation is 1. The zero-order valence-corrected chi connectivity index (χ0v) is 16.7. The molecule has 170 valence electrons. The Hall–Kier alpha value is -3.52. The van der Waals surface area contributed by atoms with Crippen molar-refractivity contribution in [1.82, 2.24) is 0 Å². The Labute approximate surface area is 175 Å². The van der Waals surface area contributed by atoms with Crippen LogP contribution in [-0.2, 0) is 47.7 Å². The van der Waals surface area contributed by atoms with E-state index < -0.39 is 71.6 Å². The van der Waals surface area contributed by atoms with Crippen LogP contribution in [0.2, 0.25) is 0 Å². The molecule has 0 heterocycles. The third-order valence-corrected chi connectivity index (χ3v) is 4.74. The maximum Gasteiger partial charge on any atom is 0.349 e. The van der Waals surface area contributed by atoms with Crippen LogP contribution in [0.25, 0.3) is 0 Å². The summed E-state index contributed by atoms with van der Waals surface area (Å²) in [6, 6.07) is 5.33. The number of ether oxygens (including phenoxy) is 2. The molecule has 0 radical (unpaired) electrons. The molecule has 2 atom stereocenters. The SMILES string of the molecule is Cc1ccc(S(=O)(=O)OCC(=O)OC(C(=O)O)C(OC(=O)CCC(=O)O)C(=O)O)cc1. The highest BCUT2D eigenvalue weighted by molar-refractivity contribution is 7.86. The monoisotopic (exact) mass is 462 g/mol. The van der Waals surface area contributed by atoms with E-state index in [1.54, 1.807) is 6.92 Å². The highest BCUT2D eigenvalue weighted by Gasteiger charge is 2.40. The lowest BCUT2D eigenvalue weighted by Crippen LogP contribution is -2.46. The molecule has 1 rings (SSSR count). The summed E-state index contributed by atoms with van der Waals surface area (Å²) in [5, 5.41) is 26.7. The van der Waals surface area contributed by atoms with Crippen molar-refractivity contribution < 1.29 is 61.4 Å². The van der Waals surface area contributed by atoms with Crippen molar-refractivity contribution in [2.45, 2.75) is 36.9 Å². The van der Waals surface area contributed by atoms with E-state index in [2.05, 4.69) is 13.7 Å². The Morgan fingerprint density at radius 3 is 1.77 bits per heavy atom. The number of hydrogen-bond donors (Lipinski definition) is 3. The molecule has 0 saturated carbocycles. The summed E-state index contributed by atoms with van der Waals surface area (Å²) < 4.78 is 37.3. The maximum atomic E-state index is 12.0. The summed E-state index contributed by atoms with van der Waals surface area (Å²) in [7, 11) is -4.40. The van der Waals surface area contributed by atoms with Crippen molar-refractivity contribution in [3.8, 4) is 0 Å². The van der Waals surface area contributed by atoms with Crippen LogP contribution < -0.4 is 0 Å². The van der Waals surface area contributed by atoms with Gasteiger partial charge in [0.2, 0.25) is 12.2 Å². The van der Waals surface area contributed by atoms with Gasteiger partial charge in [-0.2, -0.15) is 8.42 Å². The number of carboxylic acid groups (broad SMARTS) is 3. The lowest BCUT2D eigenvalue weighted by Gasteiger charge is -2.20. The van der Waals surface area contributed by atoms with Gasteiger partial charge in [-0.3, -0.25) is 13.8 Å². The van der Waals surface area contributed by atoms with E-state index in [0.29, 0.717) is 0 Å². The molecule has 0 bridgehead atoms. The minimum atomic E-state index is -4.40. The molecule has 2 unspecified atom stereocenters. The Morgan fingerprint density at radius 2 is 1.32 bits per heavy atom. The zero-order valence-electron chi connectivity index (χ0n) is 15.9. The first-order valence-corrected chi connectivity index (χ1v) is 9.76. The molecule has 3 N–H and O–H groups in total. The number of esters is 2. The van der Waals surface area contributed by atoms with E-state index >= 15 is 0 Å². The molecule has 0 aromatic heterocycles. The molecular weight excluding hydrogens is 444 g/mol. The van der Waals surface area contributed by atoms with Crippen LogP contribution in [0.1, 0.15) is 18.4 Å². The first-order chi connectivity index (χ1) is 14.3. The van der Waals surface area contributed by atoms with Gasteiger partial charge in [-0.1, -0.05) is 17.7 Å². The Kier molecular flexibility index (Phi) is 9.08. The first kappa shape index (κ1) is 25.5. The quantitative estimate of drug-likeness (QED) is 0.266. The van der Waals surface area contributed by atoms with Gasteiger partial charge in [-0.05, 0) is 19.1 Å². The molecule has 0 amide bonds. The van der Waals surface area contributed by atoms with Crippen LogP contribution in [0.4, 0.5) is 0 Å². The normalized spacial score (nSPS) is 12.9. The molecule has 0 spiro atoms. The second-order valence-electron chi connectivity index (χ2n) is 5.92. The van der Waals surface area contributed by atoms with E-state index in [1.165, 1.54) is 24.3 Å². The van der Waals surface area contributed by atoms with Crippen LogP contribution in [0.5, 0.6) is 0 Å². The minimum Gasteiger partial charge on any atom is -0.481 e. The largest absolute Gasteiger partial charge is 0.481 e. The summed E-state index contributed by atoms with van der Waals surface area (Å²) in [5.41, 5.74) is 0.750. The van der Waals surface area contributed by atoms with E-state index in [9.17, 15) is 32.4 Å².